The number of hydrogen-bond donors (Lipinski definition) is 1. The molecule has 0 spiro atoms. The van der Waals surface area contributed by atoms with E-state index in [-0.39, 0.29) is 12.6 Å². The van der Waals surface area contributed by atoms with Crippen LogP contribution in [0.3, 0.4) is 0 Å². The Morgan fingerprint density at radius 2 is 1.91 bits per heavy atom. The van der Waals surface area contributed by atoms with Crippen molar-refractivity contribution < 1.29 is 5.11 Å². The summed E-state index contributed by atoms with van der Waals surface area (Å²) >= 11 is 0. The zero-order chi connectivity index (χ0) is 15.9. The Morgan fingerprint density at radius 1 is 1.18 bits per heavy atom. The fourth-order valence-electron chi connectivity index (χ4n) is 2.69. The number of benzene rings is 1. The quantitative estimate of drug-likeness (QED) is 0.813. The first-order valence-corrected chi connectivity index (χ1v) is 7.93. The Kier molecular flexibility index (Phi) is 6.10. The topological polar surface area (TPSA) is 54.2 Å². The number of aryl methyl sites for hydroxylation is 1. The lowest BCUT2D eigenvalue weighted by Gasteiger charge is -2.28. The third-order valence-corrected chi connectivity index (χ3v) is 4.07. The predicted molar refractivity (Wildman–Crippen MR) is 87.3 cm³/mol. The molecule has 0 bridgehead atoms. The van der Waals surface area contributed by atoms with Gasteiger partial charge in [0.15, 0.2) is 0 Å². The summed E-state index contributed by atoms with van der Waals surface area (Å²) in [4.78, 5) is 2.35. The number of aromatic nitrogens is 3. The van der Waals surface area contributed by atoms with Crippen molar-refractivity contribution in [3.8, 4) is 0 Å². The van der Waals surface area contributed by atoms with E-state index in [0.717, 1.165) is 37.7 Å². The summed E-state index contributed by atoms with van der Waals surface area (Å²) in [5, 5.41) is 17.8. The molecular weight excluding hydrogens is 276 g/mol. The smallest absolute Gasteiger partial charge is 0.147 e. The monoisotopic (exact) mass is 302 g/mol. The zero-order valence-corrected chi connectivity index (χ0v) is 13.7. The molecule has 1 aromatic heterocycles. The van der Waals surface area contributed by atoms with Crippen molar-refractivity contribution >= 4 is 0 Å². The van der Waals surface area contributed by atoms with Gasteiger partial charge in [-0.15, -0.1) is 10.2 Å². The van der Waals surface area contributed by atoms with E-state index in [4.69, 9.17) is 0 Å². The van der Waals surface area contributed by atoms with Gasteiger partial charge >= 0.3 is 0 Å². The van der Waals surface area contributed by atoms with Gasteiger partial charge in [-0.05, 0) is 32.8 Å². The fourth-order valence-corrected chi connectivity index (χ4v) is 2.69. The van der Waals surface area contributed by atoms with Crippen LogP contribution in [0, 0.1) is 6.92 Å². The van der Waals surface area contributed by atoms with Crippen molar-refractivity contribution in [2.75, 3.05) is 6.61 Å². The van der Waals surface area contributed by atoms with Gasteiger partial charge in [-0.25, -0.2) is 0 Å². The van der Waals surface area contributed by atoms with Gasteiger partial charge in [0.25, 0.3) is 0 Å². The molecule has 2 aromatic rings. The molecule has 1 aromatic carbocycles. The third-order valence-electron chi connectivity index (χ3n) is 4.07. The lowest BCUT2D eigenvalue weighted by atomic mass is 10.1. The van der Waals surface area contributed by atoms with Gasteiger partial charge in [0.2, 0.25) is 0 Å². The normalized spacial score (nSPS) is 12.8. The minimum atomic E-state index is 0.200. The van der Waals surface area contributed by atoms with Crippen molar-refractivity contribution in [2.45, 2.75) is 52.9 Å². The lowest BCUT2D eigenvalue weighted by Crippen LogP contribution is -2.34. The van der Waals surface area contributed by atoms with Crippen LogP contribution in [-0.4, -0.2) is 37.4 Å². The summed E-state index contributed by atoms with van der Waals surface area (Å²) in [6.07, 6.45) is 0.756. The van der Waals surface area contributed by atoms with E-state index in [1.807, 2.05) is 13.0 Å². The highest BCUT2D eigenvalue weighted by molar-refractivity contribution is 5.14. The van der Waals surface area contributed by atoms with Crippen molar-refractivity contribution in [1.29, 1.82) is 0 Å². The molecule has 0 aliphatic heterocycles. The van der Waals surface area contributed by atoms with Gasteiger partial charge in [0, 0.05) is 25.7 Å². The van der Waals surface area contributed by atoms with Gasteiger partial charge in [0.1, 0.15) is 11.6 Å². The van der Waals surface area contributed by atoms with Crippen molar-refractivity contribution in [2.24, 2.45) is 0 Å². The SMILES string of the molecule is CCn1c(C)nnc1CN(Cc1ccccc1)C(C)CCO. The Balaban J connectivity index is 2.17. The van der Waals surface area contributed by atoms with Gasteiger partial charge in [-0.3, -0.25) is 4.90 Å². The summed E-state index contributed by atoms with van der Waals surface area (Å²) in [6.45, 7) is 8.91. The second-order valence-electron chi connectivity index (χ2n) is 5.66. The molecule has 5 heteroatoms. The molecule has 0 aliphatic carbocycles. The minimum Gasteiger partial charge on any atom is -0.396 e. The first-order chi connectivity index (χ1) is 10.7. The maximum absolute atomic E-state index is 9.26. The van der Waals surface area contributed by atoms with E-state index < -0.39 is 0 Å². The summed E-state index contributed by atoms with van der Waals surface area (Å²) in [5.74, 6) is 1.94. The Hall–Kier alpha value is -1.72. The highest BCUT2D eigenvalue weighted by Crippen LogP contribution is 2.15. The van der Waals surface area contributed by atoms with Crippen molar-refractivity contribution in [3.05, 3.63) is 47.5 Å². The molecule has 22 heavy (non-hydrogen) atoms. The lowest BCUT2D eigenvalue weighted by molar-refractivity contribution is 0.148. The van der Waals surface area contributed by atoms with E-state index in [9.17, 15) is 5.11 Å². The minimum absolute atomic E-state index is 0.200. The number of nitrogens with zero attached hydrogens (tertiary/aromatic N) is 4. The molecule has 0 aliphatic rings. The van der Waals surface area contributed by atoms with Crippen LogP contribution in [0.15, 0.2) is 30.3 Å². The molecule has 1 heterocycles. The first kappa shape index (κ1) is 16.6. The van der Waals surface area contributed by atoms with E-state index in [0.29, 0.717) is 0 Å². The average molecular weight is 302 g/mol. The maximum Gasteiger partial charge on any atom is 0.147 e. The second kappa shape index (κ2) is 8.06. The molecule has 1 unspecified atom stereocenters. The van der Waals surface area contributed by atoms with Gasteiger partial charge < -0.3 is 9.67 Å². The van der Waals surface area contributed by atoms with E-state index in [1.165, 1.54) is 5.56 Å². The molecule has 1 N–H and O–H groups in total. The molecule has 0 radical (unpaired) electrons. The zero-order valence-electron chi connectivity index (χ0n) is 13.7. The number of hydrogen-bond acceptors (Lipinski definition) is 4. The largest absolute Gasteiger partial charge is 0.396 e. The van der Waals surface area contributed by atoms with Crippen LogP contribution >= 0.6 is 0 Å². The number of aliphatic hydroxyl groups excluding tert-OH is 1. The molecule has 0 saturated carbocycles. The van der Waals surface area contributed by atoms with Crippen LogP contribution in [0.25, 0.3) is 0 Å². The molecule has 2 rings (SSSR count). The van der Waals surface area contributed by atoms with E-state index >= 15 is 0 Å². The van der Waals surface area contributed by atoms with Crippen LogP contribution in [-0.2, 0) is 19.6 Å². The first-order valence-electron chi connectivity index (χ1n) is 7.93. The van der Waals surface area contributed by atoms with Crippen LogP contribution < -0.4 is 0 Å². The van der Waals surface area contributed by atoms with Crippen LogP contribution in [0.2, 0.25) is 0 Å². The fraction of sp³-hybridized carbons (Fsp3) is 0.529. The molecule has 0 fully saturated rings. The molecule has 0 saturated heterocycles. The van der Waals surface area contributed by atoms with E-state index in [2.05, 4.69) is 57.8 Å². The van der Waals surface area contributed by atoms with Crippen molar-refractivity contribution in [3.63, 3.8) is 0 Å². The summed E-state index contributed by atoms with van der Waals surface area (Å²) in [5.41, 5.74) is 1.27. The molecule has 5 nitrogen and oxygen atoms in total. The highest BCUT2D eigenvalue weighted by atomic mass is 16.3. The van der Waals surface area contributed by atoms with Crippen LogP contribution in [0.5, 0.6) is 0 Å². The molecule has 1 atom stereocenters. The second-order valence-corrected chi connectivity index (χ2v) is 5.66. The Bertz CT molecular complexity index is 567. The molecule has 0 amide bonds. The summed E-state index contributed by atoms with van der Waals surface area (Å²) in [6, 6.07) is 10.7. The third kappa shape index (κ3) is 4.15. The Labute approximate surface area is 132 Å². The molecule has 120 valence electrons. The maximum atomic E-state index is 9.26. The summed E-state index contributed by atoms with van der Waals surface area (Å²) in [7, 11) is 0. The molecular formula is C17H26N4O. The van der Waals surface area contributed by atoms with Gasteiger partial charge in [0.05, 0.1) is 6.54 Å². The van der Waals surface area contributed by atoms with Crippen molar-refractivity contribution in [1.82, 2.24) is 19.7 Å². The van der Waals surface area contributed by atoms with E-state index in [1.54, 1.807) is 0 Å². The standard InChI is InChI=1S/C17H26N4O/c1-4-21-15(3)18-19-17(21)13-20(14(2)10-11-22)12-16-8-6-5-7-9-16/h5-9,14,22H,4,10-13H2,1-3H3. The van der Waals surface area contributed by atoms with Crippen LogP contribution in [0.1, 0.15) is 37.5 Å². The van der Waals surface area contributed by atoms with Gasteiger partial charge in [-0.1, -0.05) is 30.3 Å². The van der Waals surface area contributed by atoms with Gasteiger partial charge in [-0.2, -0.15) is 0 Å². The summed E-state index contributed by atoms with van der Waals surface area (Å²) < 4.78 is 2.14. The predicted octanol–water partition coefficient (Wildman–Crippen LogP) is 2.38. The van der Waals surface area contributed by atoms with Crippen LogP contribution in [0.4, 0.5) is 0 Å². The average Bonchev–Trinajstić information content (AvgIpc) is 2.88. The number of rotatable bonds is 8. The highest BCUT2D eigenvalue weighted by Gasteiger charge is 2.18. The Morgan fingerprint density at radius 3 is 2.55 bits per heavy atom. The number of aliphatic hydroxyl groups is 1.